The van der Waals surface area contributed by atoms with E-state index in [-0.39, 0.29) is 5.82 Å². The van der Waals surface area contributed by atoms with E-state index in [1.54, 1.807) is 12.3 Å². The molecule has 0 bridgehead atoms. The average Bonchev–Trinajstić information content (AvgIpc) is 2.96. The van der Waals surface area contributed by atoms with E-state index in [1.165, 1.54) is 17.8 Å². The highest BCUT2D eigenvalue weighted by Crippen LogP contribution is 2.16. The maximum Gasteiger partial charge on any atom is 0.162 e. The third kappa shape index (κ3) is 2.90. The number of hydrogen-bond acceptors (Lipinski definition) is 5. The fourth-order valence-electron chi connectivity index (χ4n) is 2.30. The molecule has 0 unspecified atom stereocenters. The summed E-state index contributed by atoms with van der Waals surface area (Å²) in [6.45, 7) is 4.35. The Hall–Kier alpha value is -1.53. The SMILES string of the molecule is Fc1ccccc1CN1CCN(c2cnsn2)CC1. The van der Waals surface area contributed by atoms with Crippen LogP contribution in [0.3, 0.4) is 0 Å². The van der Waals surface area contributed by atoms with Gasteiger partial charge in [0.15, 0.2) is 5.82 Å². The number of halogens is 1. The number of anilines is 1. The monoisotopic (exact) mass is 278 g/mol. The van der Waals surface area contributed by atoms with Crippen LogP contribution in [0.25, 0.3) is 0 Å². The summed E-state index contributed by atoms with van der Waals surface area (Å²) in [6, 6.07) is 6.99. The zero-order valence-electron chi connectivity index (χ0n) is 10.5. The minimum Gasteiger partial charge on any atom is -0.352 e. The molecule has 1 fully saturated rings. The Kier molecular flexibility index (Phi) is 3.70. The maximum atomic E-state index is 13.6. The summed E-state index contributed by atoms with van der Waals surface area (Å²) in [5, 5.41) is 0. The van der Waals surface area contributed by atoms with Gasteiger partial charge in [-0.1, -0.05) is 18.2 Å². The van der Waals surface area contributed by atoms with E-state index in [0.717, 1.165) is 37.6 Å². The second-order valence-electron chi connectivity index (χ2n) is 4.62. The van der Waals surface area contributed by atoms with E-state index in [4.69, 9.17) is 0 Å². The van der Waals surface area contributed by atoms with Crippen molar-refractivity contribution in [1.29, 1.82) is 0 Å². The van der Waals surface area contributed by atoms with E-state index in [9.17, 15) is 4.39 Å². The van der Waals surface area contributed by atoms with Crippen molar-refractivity contribution in [2.24, 2.45) is 0 Å². The first-order valence-electron chi connectivity index (χ1n) is 6.31. The van der Waals surface area contributed by atoms with Crippen molar-refractivity contribution in [3.8, 4) is 0 Å². The highest BCUT2D eigenvalue weighted by Gasteiger charge is 2.19. The molecule has 2 heterocycles. The van der Waals surface area contributed by atoms with Gasteiger partial charge in [0, 0.05) is 38.3 Å². The van der Waals surface area contributed by atoms with Crippen molar-refractivity contribution in [3.05, 3.63) is 41.8 Å². The fraction of sp³-hybridized carbons (Fsp3) is 0.385. The molecule has 2 aromatic rings. The Morgan fingerprint density at radius 1 is 1.16 bits per heavy atom. The van der Waals surface area contributed by atoms with Gasteiger partial charge >= 0.3 is 0 Å². The molecular formula is C13H15FN4S. The van der Waals surface area contributed by atoms with Gasteiger partial charge in [0.05, 0.1) is 17.9 Å². The zero-order chi connectivity index (χ0) is 13.1. The second-order valence-corrected chi connectivity index (χ2v) is 5.18. The lowest BCUT2D eigenvalue weighted by Crippen LogP contribution is -2.46. The van der Waals surface area contributed by atoms with Crippen LogP contribution in [0, 0.1) is 5.82 Å². The molecular weight excluding hydrogens is 263 g/mol. The van der Waals surface area contributed by atoms with E-state index in [1.807, 2.05) is 12.1 Å². The van der Waals surface area contributed by atoms with Crippen LogP contribution < -0.4 is 4.90 Å². The van der Waals surface area contributed by atoms with Gasteiger partial charge in [-0.25, -0.2) is 4.39 Å². The third-order valence-electron chi connectivity index (χ3n) is 3.40. The van der Waals surface area contributed by atoms with E-state index in [0.29, 0.717) is 6.54 Å². The van der Waals surface area contributed by atoms with Gasteiger partial charge in [0.25, 0.3) is 0 Å². The molecule has 0 spiro atoms. The number of piperazine rings is 1. The van der Waals surface area contributed by atoms with Gasteiger partial charge in [0.2, 0.25) is 0 Å². The van der Waals surface area contributed by atoms with Gasteiger partial charge in [0.1, 0.15) is 5.82 Å². The molecule has 0 atom stereocenters. The molecule has 0 aliphatic carbocycles. The first-order valence-corrected chi connectivity index (χ1v) is 7.04. The Morgan fingerprint density at radius 2 is 1.95 bits per heavy atom. The summed E-state index contributed by atoms with van der Waals surface area (Å²) < 4.78 is 21.9. The number of nitrogens with zero attached hydrogens (tertiary/aromatic N) is 4. The largest absolute Gasteiger partial charge is 0.352 e. The Bertz CT molecular complexity index is 523. The molecule has 0 N–H and O–H groups in total. The summed E-state index contributed by atoms with van der Waals surface area (Å²) in [7, 11) is 0. The fourth-order valence-corrected chi connectivity index (χ4v) is 2.74. The van der Waals surface area contributed by atoms with Gasteiger partial charge in [-0.2, -0.15) is 8.75 Å². The van der Waals surface area contributed by atoms with Crippen molar-refractivity contribution in [3.63, 3.8) is 0 Å². The molecule has 6 heteroatoms. The smallest absolute Gasteiger partial charge is 0.162 e. The second kappa shape index (κ2) is 5.63. The quantitative estimate of drug-likeness (QED) is 0.859. The van der Waals surface area contributed by atoms with E-state index >= 15 is 0 Å². The predicted molar refractivity (Wildman–Crippen MR) is 73.8 cm³/mol. The molecule has 1 aliphatic rings. The third-order valence-corrected chi connectivity index (χ3v) is 3.87. The first kappa shape index (κ1) is 12.5. The standard InChI is InChI=1S/C13H15FN4S/c14-12-4-2-1-3-11(12)10-17-5-7-18(8-6-17)13-9-15-19-16-13/h1-4,9H,5-8,10H2. The number of rotatable bonds is 3. The lowest BCUT2D eigenvalue weighted by molar-refractivity contribution is 0.246. The minimum atomic E-state index is -0.117. The van der Waals surface area contributed by atoms with Crippen molar-refractivity contribution < 1.29 is 4.39 Å². The maximum absolute atomic E-state index is 13.6. The van der Waals surface area contributed by atoms with Gasteiger partial charge < -0.3 is 4.90 Å². The number of aromatic nitrogens is 2. The van der Waals surface area contributed by atoms with Crippen LogP contribution in [0.5, 0.6) is 0 Å². The molecule has 4 nitrogen and oxygen atoms in total. The summed E-state index contributed by atoms with van der Waals surface area (Å²) in [5.41, 5.74) is 0.770. The Morgan fingerprint density at radius 3 is 2.63 bits per heavy atom. The molecule has 19 heavy (non-hydrogen) atoms. The number of hydrogen-bond donors (Lipinski definition) is 0. The number of benzene rings is 1. The molecule has 0 amide bonds. The van der Waals surface area contributed by atoms with Crippen molar-refractivity contribution in [2.45, 2.75) is 6.54 Å². The molecule has 100 valence electrons. The minimum absolute atomic E-state index is 0.117. The summed E-state index contributed by atoms with van der Waals surface area (Å²) in [6.07, 6.45) is 1.80. The van der Waals surface area contributed by atoms with Crippen LogP contribution in [-0.4, -0.2) is 39.8 Å². The molecule has 0 saturated carbocycles. The van der Waals surface area contributed by atoms with Crippen LogP contribution >= 0.6 is 11.7 Å². The highest BCUT2D eigenvalue weighted by molar-refractivity contribution is 6.99. The summed E-state index contributed by atoms with van der Waals surface area (Å²) in [4.78, 5) is 4.50. The summed E-state index contributed by atoms with van der Waals surface area (Å²) in [5.74, 6) is 0.837. The van der Waals surface area contributed by atoms with Crippen LogP contribution in [0.4, 0.5) is 10.2 Å². The van der Waals surface area contributed by atoms with Crippen LogP contribution in [0.1, 0.15) is 5.56 Å². The average molecular weight is 278 g/mol. The van der Waals surface area contributed by atoms with Gasteiger partial charge in [-0.15, -0.1) is 0 Å². The molecule has 1 aromatic carbocycles. The molecule has 1 aromatic heterocycles. The first-order chi connectivity index (χ1) is 9.33. The normalized spacial score (nSPS) is 16.8. The van der Waals surface area contributed by atoms with Gasteiger partial charge in [-0.05, 0) is 6.07 Å². The van der Waals surface area contributed by atoms with E-state index in [2.05, 4.69) is 18.5 Å². The zero-order valence-corrected chi connectivity index (χ0v) is 11.3. The Balaban J connectivity index is 1.57. The highest BCUT2D eigenvalue weighted by atomic mass is 32.1. The molecule has 1 aliphatic heterocycles. The van der Waals surface area contributed by atoms with Crippen molar-refractivity contribution in [1.82, 2.24) is 13.6 Å². The van der Waals surface area contributed by atoms with Crippen LogP contribution in [-0.2, 0) is 6.54 Å². The molecule has 1 saturated heterocycles. The molecule has 3 rings (SSSR count). The van der Waals surface area contributed by atoms with Crippen LogP contribution in [0.2, 0.25) is 0 Å². The molecule has 0 radical (unpaired) electrons. The predicted octanol–water partition coefficient (Wildman–Crippen LogP) is 2.00. The van der Waals surface area contributed by atoms with Gasteiger partial charge in [-0.3, -0.25) is 4.90 Å². The lowest BCUT2D eigenvalue weighted by atomic mass is 10.2. The van der Waals surface area contributed by atoms with Crippen molar-refractivity contribution in [2.75, 3.05) is 31.1 Å². The van der Waals surface area contributed by atoms with Crippen LogP contribution in [0.15, 0.2) is 30.5 Å². The lowest BCUT2D eigenvalue weighted by Gasteiger charge is -2.34. The van der Waals surface area contributed by atoms with Crippen molar-refractivity contribution >= 4 is 17.5 Å². The topological polar surface area (TPSA) is 32.3 Å². The Labute approximate surface area is 115 Å². The van der Waals surface area contributed by atoms with E-state index < -0.39 is 0 Å². The summed E-state index contributed by atoms with van der Waals surface area (Å²) >= 11 is 1.23.